The fourth-order valence-corrected chi connectivity index (χ4v) is 3.69. The van der Waals surface area contributed by atoms with Crippen molar-refractivity contribution in [2.75, 3.05) is 5.32 Å². The van der Waals surface area contributed by atoms with E-state index in [4.69, 9.17) is 0 Å². The van der Waals surface area contributed by atoms with Crippen LogP contribution in [0.5, 0.6) is 0 Å². The number of Topliss-reactive ketones (excluding diaryl/α,β-unsaturated/α-hetero) is 1. The minimum atomic E-state index is -4.85. The van der Waals surface area contributed by atoms with Crippen LogP contribution in [0.4, 0.5) is 18.9 Å². The fraction of sp³-hybridized carbons (Fsp3) is 0.708. The second kappa shape index (κ2) is 14.5. The lowest BCUT2D eigenvalue weighted by atomic mass is 10.0. The first kappa shape index (κ1) is 25.5. The SMILES string of the molecule is CCCCCCCCCCCCC(CCC)Nc1ccccc1C(=O)C(F)(F)F. The molecule has 0 aliphatic heterocycles. The maximum Gasteiger partial charge on any atom is 0.454 e. The molecule has 1 aromatic rings. The smallest absolute Gasteiger partial charge is 0.382 e. The molecule has 0 aromatic heterocycles. The maximum atomic E-state index is 12.9. The zero-order valence-electron chi connectivity index (χ0n) is 18.1. The van der Waals surface area contributed by atoms with Crippen LogP contribution < -0.4 is 5.32 Å². The summed E-state index contributed by atoms with van der Waals surface area (Å²) < 4.78 is 38.6. The Bertz CT molecular complexity index is 571. The van der Waals surface area contributed by atoms with E-state index in [1.54, 1.807) is 12.1 Å². The van der Waals surface area contributed by atoms with Crippen LogP contribution in [0.3, 0.4) is 0 Å². The number of nitrogens with one attached hydrogen (secondary N) is 1. The van der Waals surface area contributed by atoms with Crippen LogP contribution in [0.15, 0.2) is 24.3 Å². The largest absolute Gasteiger partial charge is 0.454 e. The van der Waals surface area contributed by atoms with Gasteiger partial charge in [0.1, 0.15) is 0 Å². The Morgan fingerprint density at radius 1 is 0.828 bits per heavy atom. The van der Waals surface area contributed by atoms with Crippen LogP contribution in [-0.2, 0) is 0 Å². The Labute approximate surface area is 174 Å². The third-order valence-corrected chi connectivity index (χ3v) is 5.33. The van der Waals surface area contributed by atoms with Crippen molar-refractivity contribution in [3.63, 3.8) is 0 Å². The Morgan fingerprint density at radius 3 is 1.93 bits per heavy atom. The van der Waals surface area contributed by atoms with E-state index in [0.29, 0.717) is 5.69 Å². The zero-order chi connectivity index (χ0) is 21.5. The number of carbonyl (C=O) groups is 1. The molecule has 166 valence electrons. The number of hydrogen-bond donors (Lipinski definition) is 1. The quantitative estimate of drug-likeness (QED) is 0.218. The molecule has 0 saturated heterocycles. The molecule has 0 saturated carbocycles. The molecule has 5 heteroatoms. The summed E-state index contributed by atoms with van der Waals surface area (Å²) in [6.45, 7) is 4.30. The second-order valence-electron chi connectivity index (χ2n) is 7.97. The van der Waals surface area contributed by atoms with Crippen LogP contribution in [0.1, 0.15) is 108 Å². The lowest BCUT2D eigenvalue weighted by Gasteiger charge is -2.21. The number of para-hydroxylation sites is 1. The van der Waals surface area contributed by atoms with E-state index in [0.717, 1.165) is 32.1 Å². The van der Waals surface area contributed by atoms with Gasteiger partial charge in [-0.3, -0.25) is 4.79 Å². The highest BCUT2D eigenvalue weighted by Crippen LogP contribution is 2.27. The van der Waals surface area contributed by atoms with Crippen LogP contribution in [-0.4, -0.2) is 18.0 Å². The highest BCUT2D eigenvalue weighted by atomic mass is 19.4. The Morgan fingerprint density at radius 2 is 1.38 bits per heavy atom. The summed E-state index contributed by atoms with van der Waals surface area (Å²) >= 11 is 0. The van der Waals surface area contributed by atoms with Gasteiger partial charge in [-0.1, -0.05) is 96.6 Å². The van der Waals surface area contributed by atoms with Gasteiger partial charge in [0.25, 0.3) is 5.78 Å². The molecule has 0 spiro atoms. The summed E-state index contributed by atoms with van der Waals surface area (Å²) in [5, 5.41) is 3.21. The van der Waals surface area contributed by atoms with Gasteiger partial charge in [0.05, 0.1) is 5.56 Å². The summed E-state index contributed by atoms with van der Waals surface area (Å²) in [4.78, 5) is 11.7. The van der Waals surface area contributed by atoms with Crippen LogP contribution >= 0.6 is 0 Å². The lowest BCUT2D eigenvalue weighted by Crippen LogP contribution is -2.26. The number of rotatable bonds is 16. The molecule has 29 heavy (non-hydrogen) atoms. The summed E-state index contributed by atoms with van der Waals surface area (Å²) in [5.74, 6) is -1.78. The highest BCUT2D eigenvalue weighted by molar-refractivity contribution is 6.04. The van der Waals surface area contributed by atoms with Crippen molar-refractivity contribution >= 4 is 11.5 Å². The molecule has 0 amide bonds. The average Bonchev–Trinajstić information content (AvgIpc) is 2.68. The second-order valence-corrected chi connectivity index (χ2v) is 7.97. The molecule has 0 aliphatic rings. The van der Waals surface area contributed by atoms with E-state index in [-0.39, 0.29) is 11.6 Å². The predicted octanol–water partition coefficient (Wildman–Crippen LogP) is 8.32. The number of hydrogen-bond acceptors (Lipinski definition) is 2. The number of benzene rings is 1. The Balaban J connectivity index is 2.42. The first-order valence-electron chi connectivity index (χ1n) is 11.4. The van der Waals surface area contributed by atoms with Crippen molar-refractivity contribution in [3.05, 3.63) is 29.8 Å². The van der Waals surface area contributed by atoms with E-state index in [1.807, 2.05) is 0 Å². The third kappa shape index (κ3) is 10.7. The number of alkyl halides is 3. The van der Waals surface area contributed by atoms with E-state index in [2.05, 4.69) is 19.2 Å². The summed E-state index contributed by atoms with van der Waals surface area (Å²) in [7, 11) is 0. The van der Waals surface area contributed by atoms with Crippen molar-refractivity contribution in [3.8, 4) is 0 Å². The standard InChI is InChI=1S/C24H38F3NO/c1-3-5-6-7-8-9-10-11-12-13-17-20(16-4-2)28-22-19-15-14-18-21(22)23(29)24(25,26)27/h14-15,18-20,28H,3-13,16-17H2,1-2H3. The molecule has 1 aromatic carbocycles. The first-order valence-corrected chi connectivity index (χ1v) is 11.4. The van der Waals surface area contributed by atoms with Crippen molar-refractivity contribution in [2.24, 2.45) is 0 Å². The Kier molecular flexibility index (Phi) is 12.7. The molecule has 1 atom stereocenters. The van der Waals surface area contributed by atoms with Gasteiger partial charge in [-0.05, 0) is 25.0 Å². The van der Waals surface area contributed by atoms with Gasteiger partial charge >= 0.3 is 6.18 Å². The van der Waals surface area contributed by atoms with Crippen LogP contribution in [0.25, 0.3) is 0 Å². The molecule has 0 fully saturated rings. The molecule has 1 rings (SSSR count). The number of unbranched alkanes of at least 4 members (excludes halogenated alkanes) is 9. The van der Waals surface area contributed by atoms with Crippen molar-refractivity contribution in [1.29, 1.82) is 0 Å². The molecule has 0 radical (unpaired) electrons. The molecule has 0 heterocycles. The van der Waals surface area contributed by atoms with Crippen LogP contribution in [0, 0.1) is 0 Å². The van der Waals surface area contributed by atoms with Gasteiger partial charge in [0, 0.05) is 11.7 Å². The van der Waals surface area contributed by atoms with E-state index in [9.17, 15) is 18.0 Å². The van der Waals surface area contributed by atoms with Crippen molar-refractivity contribution in [1.82, 2.24) is 0 Å². The number of ketones is 1. The number of halogens is 3. The topological polar surface area (TPSA) is 29.1 Å². The Hall–Kier alpha value is -1.52. The van der Waals surface area contributed by atoms with Gasteiger partial charge in [0.2, 0.25) is 0 Å². The maximum absolute atomic E-state index is 12.9. The molecule has 0 aliphatic carbocycles. The lowest BCUT2D eigenvalue weighted by molar-refractivity contribution is -0.0884. The van der Waals surface area contributed by atoms with E-state index in [1.165, 1.54) is 63.5 Å². The zero-order valence-corrected chi connectivity index (χ0v) is 18.1. The van der Waals surface area contributed by atoms with Gasteiger partial charge < -0.3 is 5.32 Å². The average molecular weight is 414 g/mol. The summed E-state index contributed by atoms with van der Waals surface area (Å²) in [5.41, 5.74) is 0.00419. The molecule has 1 N–H and O–H groups in total. The van der Waals surface area contributed by atoms with Gasteiger partial charge in [0.15, 0.2) is 0 Å². The third-order valence-electron chi connectivity index (χ3n) is 5.33. The van der Waals surface area contributed by atoms with Crippen molar-refractivity contribution < 1.29 is 18.0 Å². The van der Waals surface area contributed by atoms with Crippen molar-refractivity contribution in [2.45, 2.75) is 110 Å². The first-order chi connectivity index (χ1) is 13.9. The molecule has 2 nitrogen and oxygen atoms in total. The van der Waals surface area contributed by atoms with Gasteiger partial charge in [-0.15, -0.1) is 0 Å². The molecule has 0 bridgehead atoms. The predicted molar refractivity (Wildman–Crippen MR) is 116 cm³/mol. The minimum absolute atomic E-state index is 0.0937. The summed E-state index contributed by atoms with van der Waals surface area (Å²) in [6, 6.07) is 6.05. The number of anilines is 1. The van der Waals surface area contributed by atoms with E-state index < -0.39 is 12.0 Å². The molecule has 1 unspecified atom stereocenters. The summed E-state index contributed by atoms with van der Waals surface area (Å²) in [6.07, 6.45) is 10.5. The normalized spacial score (nSPS) is 12.7. The highest BCUT2D eigenvalue weighted by Gasteiger charge is 2.40. The minimum Gasteiger partial charge on any atom is -0.382 e. The fourth-order valence-electron chi connectivity index (χ4n) is 3.69. The van der Waals surface area contributed by atoms with Gasteiger partial charge in [-0.25, -0.2) is 0 Å². The van der Waals surface area contributed by atoms with Gasteiger partial charge in [-0.2, -0.15) is 13.2 Å². The molecular weight excluding hydrogens is 375 g/mol. The monoisotopic (exact) mass is 413 g/mol. The number of carbonyl (C=O) groups excluding carboxylic acids is 1. The van der Waals surface area contributed by atoms with E-state index >= 15 is 0 Å². The molecular formula is C24H38F3NO. The van der Waals surface area contributed by atoms with Crippen LogP contribution in [0.2, 0.25) is 0 Å².